The summed E-state index contributed by atoms with van der Waals surface area (Å²) in [4.78, 5) is 26.5. The van der Waals surface area contributed by atoms with E-state index in [0.29, 0.717) is 6.07 Å². The summed E-state index contributed by atoms with van der Waals surface area (Å²) in [5.41, 5.74) is -1.57. The maximum atomic E-state index is 12.9. The molecule has 0 radical (unpaired) electrons. The molecule has 0 atom stereocenters. The summed E-state index contributed by atoms with van der Waals surface area (Å²) in [5.74, 6) is -0.460. The number of anilines is 1. The third-order valence-electron chi connectivity index (χ3n) is 5.08. The second-order valence-electron chi connectivity index (χ2n) is 7.16. The molecule has 1 aliphatic heterocycles. The summed E-state index contributed by atoms with van der Waals surface area (Å²) in [6.07, 6.45) is -4.69. The van der Waals surface area contributed by atoms with E-state index in [1.54, 1.807) is 9.80 Å². The van der Waals surface area contributed by atoms with Gasteiger partial charge in [-0.1, -0.05) is 23.2 Å². The van der Waals surface area contributed by atoms with Crippen LogP contribution in [0, 0.1) is 10.1 Å². The zero-order valence-corrected chi connectivity index (χ0v) is 19.8. The van der Waals surface area contributed by atoms with Gasteiger partial charge in [0.2, 0.25) is 0 Å². The van der Waals surface area contributed by atoms with E-state index in [4.69, 9.17) is 40.2 Å². The van der Waals surface area contributed by atoms with Crippen molar-refractivity contribution in [2.45, 2.75) is 6.18 Å². The lowest BCUT2D eigenvalue weighted by Gasteiger charge is -2.37. The molecular formula is C20H17Cl2F3N4O4S. The molecule has 2 aromatic rings. The quantitative estimate of drug-likeness (QED) is 0.342. The maximum absolute atomic E-state index is 12.9. The van der Waals surface area contributed by atoms with Crippen LogP contribution in [-0.4, -0.2) is 54.1 Å². The fourth-order valence-electron chi connectivity index (χ4n) is 3.44. The Morgan fingerprint density at radius 2 is 1.82 bits per heavy atom. The standard InChI is InChI=1S/C20H17Cl2F3N4O4S/c1-33-17-13(9-12(21)10-14(17)22)18(30)26-19(34)28-6-4-27(5-7-28)15-3-2-11(20(23,24)25)8-16(15)29(31)32/h2-3,8-10H,4-7H2,1H3,(H,26,30,34). The Kier molecular flexibility index (Phi) is 7.74. The second kappa shape index (κ2) is 10.2. The van der Waals surface area contributed by atoms with Gasteiger partial charge >= 0.3 is 6.18 Å². The largest absolute Gasteiger partial charge is 0.494 e. The van der Waals surface area contributed by atoms with Crippen LogP contribution in [0.1, 0.15) is 15.9 Å². The van der Waals surface area contributed by atoms with Crippen molar-refractivity contribution in [3.05, 3.63) is 61.6 Å². The van der Waals surface area contributed by atoms with Gasteiger partial charge in [-0.15, -0.1) is 0 Å². The zero-order valence-electron chi connectivity index (χ0n) is 17.5. The Labute approximate surface area is 207 Å². The van der Waals surface area contributed by atoms with Gasteiger partial charge in [-0.05, 0) is 36.5 Å². The number of thiocarbonyl (C=S) groups is 1. The number of alkyl halides is 3. The molecule has 3 rings (SSSR count). The summed E-state index contributed by atoms with van der Waals surface area (Å²) in [7, 11) is 1.35. The van der Waals surface area contributed by atoms with Crippen molar-refractivity contribution in [2.24, 2.45) is 0 Å². The average Bonchev–Trinajstić information content (AvgIpc) is 2.77. The molecule has 34 heavy (non-hydrogen) atoms. The van der Waals surface area contributed by atoms with Crippen LogP contribution in [0.5, 0.6) is 5.75 Å². The van der Waals surface area contributed by atoms with Gasteiger partial charge in [0.25, 0.3) is 11.6 Å². The molecule has 1 fully saturated rings. The first kappa shape index (κ1) is 25.8. The number of nitrogens with zero attached hydrogens (tertiary/aromatic N) is 3. The summed E-state index contributed by atoms with van der Waals surface area (Å²) < 4.78 is 44.0. The molecular weight excluding hydrogens is 520 g/mol. The molecule has 0 aliphatic carbocycles. The van der Waals surface area contributed by atoms with E-state index in [-0.39, 0.29) is 58.3 Å². The van der Waals surface area contributed by atoms with E-state index in [2.05, 4.69) is 5.32 Å². The number of ether oxygens (including phenoxy) is 1. The van der Waals surface area contributed by atoms with Gasteiger partial charge in [0.1, 0.15) is 11.4 Å². The van der Waals surface area contributed by atoms with Crippen molar-refractivity contribution in [1.29, 1.82) is 0 Å². The van der Waals surface area contributed by atoms with Gasteiger partial charge in [-0.2, -0.15) is 13.2 Å². The number of hydrogen-bond acceptors (Lipinski definition) is 6. The van der Waals surface area contributed by atoms with Crippen molar-refractivity contribution in [3.63, 3.8) is 0 Å². The van der Waals surface area contributed by atoms with Crippen molar-refractivity contribution in [1.82, 2.24) is 10.2 Å². The molecule has 2 aromatic carbocycles. The summed E-state index contributed by atoms with van der Waals surface area (Å²) in [6, 6.07) is 5.23. The minimum Gasteiger partial charge on any atom is -0.494 e. The van der Waals surface area contributed by atoms with E-state index in [1.165, 1.54) is 19.2 Å². The third-order valence-corrected chi connectivity index (χ3v) is 5.94. The van der Waals surface area contributed by atoms with Gasteiger partial charge in [0, 0.05) is 37.3 Å². The van der Waals surface area contributed by atoms with Gasteiger partial charge in [0.05, 0.1) is 28.2 Å². The smallest absolute Gasteiger partial charge is 0.416 e. The number of carbonyl (C=O) groups excluding carboxylic acids is 1. The highest BCUT2D eigenvalue weighted by Crippen LogP contribution is 2.37. The number of amides is 1. The minimum absolute atomic E-state index is 0.0749. The molecule has 1 heterocycles. The highest BCUT2D eigenvalue weighted by molar-refractivity contribution is 7.80. The highest BCUT2D eigenvalue weighted by Gasteiger charge is 2.34. The van der Waals surface area contributed by atoms with E-state index in [0.717, 1.165) is 12.1 Å². The molecule has 0 saturated carbocycles. The molecule has 1 amide bonds. The topological polar surface area (TPSA) is 88.0 Å². The Morgan fingerprint density at radius 3 is 2.38 bits per heavy atom. The third kappa shape index (κ3) is 5.62. The van der Waals surface area contributed by atoms with Crippen LogP contribution < -0.4 is 15.0 Å². The van der Waals surface area contributed by atoms with Gasteiger partial charge < -0.3 is 14.5 Å². The number of methoxy groups -OCH3 is 1. The molecule has 0 unspecified atom stereocenters. The van der Waals surface area contributed by atoms with Crippen LogP contribution in [0.3, 0.4) is 0 Å². The fourth-order valence-corrected chi connectivity index (χ4v) is 4.29. The van der Waals surface area contributed by atoms with E-state index >= 15 is 0 Å². The predicted octanol–water partition coefficient (Wildman–Crippen LogP) is 4.77. The molecule has 1 saturated heterocycles. The number of benzene rings is 2. The number of carbonyl (C=O) groups is 1. The van der Waals surface area contributed by atoms with Crippen molar-refractivity contribution < 1.29 is 27.6 Å². The number of rotatable bonds is 4. The van der Waals surface area contributed by atoms with Crippen LogP contribution in [0.2, 0.25) is 10.0 Å². The number of nitro groups is 1. The van der Waals surface area contributed by atoms with E-state index in [9.17, 15) is 28.1 Å². The van der Waals surface area contributed by atoms with E-state index in [1.807, 2.05) is 0 Å². The summed E-state index contributed by atoms with van der Waals surface area (Å²) in [5, 5.41) is 14.4. The first-order valence-electron chi connectivity index (χ1n) is 9.66. The van der Waals surface area contributed by atoms with Gasteiger partial charge in [0.15, 0.2) is 5.11 Å². The lowest BCUT2D eigenvalue weighted by molar-refractivity contribution is -0.384. The Balaban J connectivity index is 1.69. The Bertz CT molecular complexity index is 1140. The number of halogens is 5. The average molecular weight is 537 g/mol. The maximum Gasteiger partial charge on any atom is 0.416 e. The van der Waals surface area contributed by atoms with Crippen LogP contribution in [0.25, 0.3) is 0 Å². The number of hydrogen-bond donors (Lipinski definition) is 1. The van der Waals surface area contributed by atoms with Gasteiger partial charge in [-0.25, -0.2) is 0 Å². The van der Waals surface area contributed by atoms with Crippen molar-refractivity contribution in [2.75, 3.05) is 38.2 Å². The molecule has 0 spiro atoms. The van der Waals surface area contributed by atoms with Crippen LogP contribution in [0.4, 0.5) is 24.5 Å². The number of nitro benzene ring substituents is 1. The molecule has 0 bridgehead atoms. The molecule has 1 N–H and O–H groups in total. The molecule has 8 nitrogen and oxygen atoms in total. The summed E-state index contributed by atoms with van der Waals surface area (Å²) in [6.45, 7) is 0.999. The highest BCUT2D eigenvalue weighted by atomic mass is 35.5. The van der Waals surface area contributed by atoms with Gasteiger partial charge in [-0.3, -0.25) is 20.2 Å². The fraction of sp³-hybridized carbons (Fsp3) is 0.300. The lowest BCUT2D eigenvalue weighted by atomic mass is 10.1. The molecule has 0 aromatic heterocycles. The normalized spacial score (nSPS) is 14.1. The number of piperazine rings is 1. The van der Waals surface area contributed by atoms with Crippen molar-refractivity contribution >= 4 is 57.8 Å². The van der Waals surface area contributed by atoms with E-state index < -0.39 is 28.3 Å². The molecule has 182 valence electrons. The monoisotopic (exact) mass is 536 g/mol. The molecule has 14 heteroatoms. The Morgan fingerprint density at radius 1 is 1.18 bits per heavy atom. The zero-order chi connectivity index (χ0) is 25.2. The first-order chi connectivity index (χ1) is 15.9. The van der Waals surface area contributed by atoms with Crippen molar-refractivity contribution in [3.8, 4) is 5.75 Å². The Hall–Kier alpha value is -2.83. The van der Waals surface area contributed by atoms with Crippen LogP contribution >= 0.6 is 35.4 Å². The first-order valence-corrected chi connectivity index (χ1v) is 10.8. The minimum atomic E-state index is -4.69. The lowest BCUT2D eigenvalue weighted by Crippen LogP contribution is -2.52. The predicted molar refractivity (Wildman–Crippen MR) is 125 cm³/mol. The SMILES string of the molecule is COc1c(Cl)cc(Cl)cc1C(=O)NC(=S)N1CCN(c2ccc(C(F)(F)F)cc2[N+](=O)[O-])CC1. The number of nitrogens with one attached hydrogen (secondary N) is 1. The summed E-state index contributed by atoms with van der Waals surface area (Å²) >= 11 is 17.3. The van der Waals surface area contributed by atoms with Crippen LogP contribution in [-0.2, 0) is 6.18 Å². The second-order valence-corrected chi connectivity index (χ2v) is 8.39. The van der Waals surface area contributed by atoms with Crippen LogP contribution in [0.15, 0.2) is 30.3 Å². The molecule has 1 aliphatic rings.